The molecule has 0 aliphatic carbocycles. The normalized spacial score (nSPS) is 19.9. The summed E-state index contributed by atoms with van der Waals surface area (Å²) in [5, 5.41) is 0. The van der Waals surface area contributed by atoms with Crippen molar-refractivity contribution in [1.82, 2.24) is 0 Å². The fraction of sp³-hybridized carbons (Fsp3) is 0.778. The zero-order valence-electron chi connectivity index (χ0n) is 6.73. The monoisotopic (exact) mass is 140 g/mol. The fourth-order valence-corrected chi connectivity index (χ4v) is 1.30. The average molecular weight is 140 g/mol. The average Bonchev–Trinajstić information content (AvgIpc) is 2.17. The molecular formula is C9H16O. The van der Waals surface area contributed by atoms with Crippen LogP contribution in [0.25, 0.3) is 0 Å². The van der Waals surface area contributed by atoms with E-state index in [4.69, 9.17) is 4.74 Å². The molecule has 0 saturated carbocycles. The van der Waals surface area contributed by atoms with Gasteiger partial charge in [0.2, 0.25) is 0 Å². The SMILES string of the molecule is CCCC1=CCCOCC1. The van der Waals surface area contributed by atoms with Crippen molar-refractivity contribution in [3.05, 3.63) is 11.6 Å². The molecule has 0 amide bonds. The van der Waals surface area contributed by atoms with Gasteiger partial charge < -0.3 is 4.74 Å². The van der Waals surface area contributed by atoms with Crippen LogP contribution in [0.4, 0.5) is 0 Å². The molecule has 0 atom stereocenters. The largest absolute Gasteiger partial charge is 0.381 e. The minimum atomic E-state index is 0.924. The van der Waals surface area contributed by atoms with E-state index in [9.17, 15) is 0 Å². The summed E-state index contributed by atoms with van der Waals surface area (Å²) in [6, 6.07) is 0. The molecule has 1 aliphatic heterocycles. The summed E-state index contributed by atoms with van der Waals surface area (Å²) < 4.78 is 5.32. The van der Waals surface area contributed by atoms with Crippen molar-refractivity contribution in [3.63, 3.8) is 0 Å². The van der Waals surface area contributed by atoms with E-state index in [0.29, 0.717) is 0 Å². The van der Waals surface area contributed by atoms with Gasteiger partial charge in [-0.3, -0.25) is 0 Å². The van der Waals surface area contributed by atoms with E-state index in [2.05, 4.69) is 13.0 Å². The van der Waals surface area contributed by atoms with Gasteiger partial charge >= 0.3 is 0 Å². The standard InChI is InChI=1S/C9H16O/c1-2-4-9-5-3-7-10-8-6-9/h5H,2-4,6-8H2,1H3. The molecule has 0 fully saturated rings. The van der Waals surface area contributed by atoms with Crippen LogP contribution >= 0.6 is 0 Å². The van der Waals surface area contributed by atoms with Gasteiger partial charge in [0, 0.05) is 0 Å². The van der Waals surface area contributed by atoms with Crippen LogP contribution in [0.1, 0.15) is 32.6 Å². The molecule has 0 radical (unpaired) electrons. The van der Waals surface area contributed by atoms with E-state index in [0.717, 1.165) is 26.1 Å². The first-order valence-corrected chi connectivity index (χ1v) is 4.19. The summed E-state index contributed by atoms with van der Waals surface area (Å²) in [6.45, 7) is 4.09. The molecule has 0 bridgehead atoms. The summed E-state index contributed by atoms with van der Waals surface area (Å²) >= 11 is 0. The van der Waals surface area contributed by atoms with Gasteiger partial charge in [-0.25, -0.2) is 0 Å². The van der Waals surface area contributed by atoms with E-state index in [1.54, 1.807) is 5.57 Å². The minimum Gasteiger partial charge on any atom is -0.381 e. The number of hydrogen-bond donors (Lipinski definition) is 0. The molecule has 1 heterocycles. The van der Waals surface area contributed by atoms with Crippen LogP contribution in [-0.2, 0) is 4.74 Å². The first kappa shape index (κ1) is 7.80. The second-order valence-corrected chi connectivity index (χ2v) is 2.76. The smallest absolute Gasteiger partial charge is 0.0503 e. The van der Waals surface area contributed by atoms with Crippen LogP contribution in [0.2, 0.25) is 0 Å². The molecular weight excluding hydrogens is 124 g/mol. The van der Waals surface area contributed by atoms with Gasteiger partial charge in [-0.15, -0.1) is 0 Å². The molecule has 10 heavy (non-hydrogen) atoms. The Morgan fingerprint density at radius 1 is 1.50 bits per heavy atom. The fourth-order valence-electron chi connectivity index (χ4n) is 1.30. The lowest BCUT2D eigenvalue weighted by Gasteiger charge is -2.00. The van der Waals surface area contributed by atoms with Gasteiger partial charge in [-0.1, -0.05) is 25.0 Å². The van der Waals surface area contributed by atoms with Gasteiger partial charge in [-0.05, 0) is 19.3 Å². The summed E-state index contributed by atoms with van der Waals surface area (Å²) in [5.74, 6) is 0. The topological polar surface area (TPSA) is 9.23 Å². The Balaban J connectivity index is 2.31. The highest BCUT2D eigenvalue weighted by Gasteiger charge is 2.00. The zero-order chi connectivity index (χ0) is 7.23. The predicted octanol–water partition coefficient (Wildman–Crippen LogP) is 2.52. The van der Waals surface area contributed by atoms with Gasteiger partial charge in [0.1, 0.15) is 0 Å². The summed E-state index contributed by atoms with van der Waals surface area (Å²) in [7, 11) is 0. The number of ether oxygens (including phenoxy) is 1. The Bertz CT molecular complexity index is 116. The predicted molar refractivity (Wildman–Crippen MR) is 43.0 cm³/mol. The van der Waals surface area contributed by atoms with Crippen molar-refractivity contribution in [2.24, 2.45) is 0 Å². The van der Waals surface area contributed by atoms with Gasteiger partial charge in [0.25, 0.3) is 0 Å². The van der Waals surface area contributed by atoms with Crippen LogP contribution in [-0.4, -0.2) is 13.2 Å². The highest BCUT2D eigenvalue weighted by atomic mass is 16.5. The summed E-state index contributed by atoms with van der Waals surface area (Å²) in [4.78, 5) is 0. The van der Waals surface area contributed by atoms with Crippen LogP contribution in [0.3, 0.4) is 0 Å². The van der Waals surface area contributed by atoms with Crippen LogP contribution in [0.5, 0.6) is 0 Å². The maximum absolute atomic E-state index is 5.32. The second-order valence-electron chi connectivity index (χ2n) is 2.76. The van der Waals surface area contributed by atoms with Gasteiger partial charge in [0.15, 0.2) is 0 Å². The summed E-state index contributed by atoms with van der Waals surface area (Å²) in [6.07, 6.45) is 7.16. The highest BCUT2D eigenvalue weighted by Crippen LogP contribution is 2.13. The Kier molecular flexibility index (Phi) is 3.52. The molecule has 0 saturated heterocycles. The molecule has 0 aromatic carbocycles. The van der Waals surface area contributed by atoms with Crippen molar-refractivity contribution in [2.45, 2.75) is 32.6 Å². The third-order valence-electron chi connectivity index (χ3n) is 1.83. The van der Waals surface area contributed by atoms with Crippen LogP contribution in [0, 0.1) is 0 Å². The Morgan fingerprint density at radius 3 is 3.20 bits per heavy atom. The Hall–Kier alpha value is -0.300. The summed E-state index contributed by atoms with van der Waals surface area (Å²) in [5.41, 5.74) is 1.60. The molecule has 1 aliphatic rings. The Morgan fingerprint density at radius 2 is 2.40 bits per heavy atom. The van der Waals surface area contributed by atoms with Crippen molar-refractivity contribution in [3.8, 4) is 0 Å². The molecule has 0 N–H and O–H groups in total. The van der Waals surface area contributed by atoms with E-state index >= 15 is 0 Å². The van der Waals surface area contributed by atoms with Crippen molar-refractivity contribution in [1.29, 1.82) is 0 Å². The van der Waals surface area contributed by atoms with Gasteiger partial charge in [-0.2, -0.15) is 0 Å². The first-order chi connectivity index (χ1) is 4.93. The van der Waals surface area contributed by atoms with Crippen LogP contribution in [0.15, 0.2) is 11.6 Å². The first-order valence-electron chi connectivity index (χ1n) is 4.19. The minimum absolute atomic E-state index is 0.924. The van der Waals surface area contributed by atoms with Crippen molar-refractivity contribution in [2.75, 3.05) is 13.2 Å². The molecule has 1 heteroatoms. The van der Waals surface area contributed by atoms with E-state index in [-0.39, 0.29) is 0 Å². The lowest BCUT2D eigenvalue weighted by Crippen LogP contribution is -1.92. The van der Waals surface area contributed by atoms with Crippen molar-refractivity contribution >= 4 is 0 Å². The van der Waals surface area contributed by atoms with E-state index in [1.807, 2.05) is 0 Å². The Labute approximate surface area is 63.1 Å². The third-order valence-corrected chi connectivity index (χ3v) is 1.83. The lowest BCUT2D eigenvalue weighted by atomic mass is 10.1. The molecule has 0 spiro atoms. The molecule has 1 rings (SSSR count). The lowest BCUT2D eigenvalue weighted by molar-refractivity contribution is 0.146. The number of rotatable bonds is 2. The zero-order valence-corrected chi connectivity index (χ0v) is 6.73. The number of hydrogen-bond acceptors (Lipinski definition) is 1. The molecule has 1 nitrogen and oxygen atoms in total. The van der Waals surface area contributed by atoms with Gasteiger partial charge in [0.05, 0.1) is 13.2 Å². The second kappa shape index (κ2) is 4.51. The molecule has 0 aromatic heterocycles. The maximum atomic E-state index is 5.32. The third kappa shape index (κ3) is 2.53. The highest BCUT2D eigenvalue weighted by molar-refractivity contribution is 5.02. The van der Waals surface area contributed by atoms with Crippen molar-refractivity contribution < 1.29 is 4.74 Å². The van der Waals surface area contributed by atoms with E-state index < -0.39 is 0 Å². The maximum Gasteiger partial charge on any atom is 0.0503 e. The molecule has 58 valence electrons. The van der Waals surface area contributed by atoms with Crippen LogP contribution < -0.4 is 0 Å². The molecule has 0 unspecified atom stereocenters. The quantitative estimate of drug-likeness (QED) is 0.535. The molecule has 0 aromatic rings. The van der Waals surface area contributed by atoms with E-state index in [1.165, 1.54) is 12.8 Å².